The van der Waals surface area contributed by atoms with Crippen LogP contribution in [0.2, 0.25) is 0 Å². The van der Waals surface area contributed by atoms with Crippen molar-refractivity contribution in [3.05, 3.63) is 60.2 Å². The van der Waals surface area contributed by atoms with E-state index in [4.69, 9.17) is 4.74 Å². The second-order valence-electron chi connectivity index (χ2n) is 4.30. The molecule has 0 saturated heterocycles. The molecule has 2 aromatic rings. The Labute approximate surface area is 122 Å². The van der Waals surface area contributed by atoms with Crippen molar-refractivity contribution in [3.8, 4) is 5.75 Å². The van der Waals surface area contributed by atoms with Crippen LogP contribution in [0.3, 0.4) is 0 Å². The summed E-state index contributed by atoms with van der Waals surface area (Å²) < 4.78 is 44.0. The topological polar surface area (TPSA) is 68.3 Å². The first-order chi connectivity index (χ1) is 10.1. The highest BCUT2D eigenvalue weighted by atomic mass is 32.2. The lowest BCUT2D eigenvalue weighted by Gasteiger charge is -2.08. The summed E-state index contributed by atoms with van der Waals surface area (Å²) in [6.45, 7) is 0.181. The molecule has 1 aromatic heterocycles. The Balaban J connectivity index is 1.77. The molecule has 0 bridgehead atoms. The lowest BCUT2D eigenvalue weighted by atomic mass is 10.3. The average molecular weight is 310 g/mol. The van der Waals surface area contributed by atoms with Crippen LogP contribution >= 0.6 is 0 Å². The number of nitrogens with zero attached hydrogens (tertiary/aromatic N) is 1. The van der Waals surface area contributed by atoms with E-state index < -0.39 is 10.0 Å². The van der Waals surface area contributed by atoms with E-state index in [0.29, 0.717) is 5.75 Å². The van der Waals surface area contributed by atoms with Gasteiger partial charge in [0.25, 0.3) is 0 Å². The van der Waals surface area contributed by atoms with Crippen LogP contribution in [0.5, 0.6) is 5.75 Å². The number of aromatic nitrogens is 1. The number of hydrogen-bond donors (Lipinski definition) is 1. The highest BCUT2D eigenvalue weighted by Gasteiger charge is 2.10. The van der Waals surface area contributed by atoms with Crippen molar-refractivity contribution in [3.63, 3.8) is 0 Å². The third-order valence-electron chi connectivity index (χ3n) is 2.65. The van der Waals surface area contributed by atoms with Gasteiger partial charge in [-0.05, 0) is 35.9 Å². The van der Waals surface area contributed by atoms with Crippen LogP contribution in [0.15, 0.2) is 48.8 Å². The van der Waals surface area contributed by atoms with Gasteiger partial charge in [0, 0.05) is 18.9 Å². The summed E-state index contributed by atoms with van der Waals surface area (Å²) in [7, 11) is -3.43. The highest BCUT2D eigenvalue weighted by Crippen LogP contribution is 2.10. The molecule has 112 valence electrons. The summed E-state index contributed by atoms with van der Waals surface area (Å²) in [4.78, 5) is 3.90. The van der Waals surface area contributed by atoms with Crippen molar-refractivity contribution in [2.45, 2.75) is 6.54 Å². The molecule has 1 heterocycles. The summed E-state index contributed by atoms with van der Waals surface area (Å²) in [6, 6.07) is 8.93. The predicted octanol–water partition coefficient (Wildman–Crippen LogP) is 1.72. The molecule has 0 saturated carbocycles. The SMILES string of the molecule is O=S(=O)(CCOc1ccc(F)cc1)NCc1cccnc1. The van der Waals surface area contributed by atoms with E-state index in [1.54, 1.807) is 24.5 Å². The second-order valence-corrected chi connectivity index (χ2v) is 6.23. The monoisotopic (exact) mass is 310 g/mol. The first-order valence-electron chi connectivity index (χ1n) is 6.30. The minimum atomic E-state index is -3.43. The van der Waals surface area contributed by atoms with Gasteiger partial charge < -0.3 is 4.74 Å². The van der Waals surface area contributed by atoms with Gasteiger partial charge >= 0.3 is 0 Å². The Bertz CT molecular complexity index is 660. The fourth-order valence-corrected chi connectivity index (χ4v) is 2.40. The molecular formula is C14H15FN2O3S. The molecule has 0 aliphatic rings. The van der Waals surface area contributed by atoms with E-state index in [1.165, 1.54) is 24.3 Å². The number of pyridine rings is 1. The van der Waals surface area contributed by atoms with Crippen molar-refractivity contribution in [1.29, 1.82) is 0 Å². The van der Waals surface area contributed by atoms with Crippen LogP contribution in [0.1, 0.15) is 5.56 Å². The lowest BCUT2D eigenvalue weighted by molar-refractivity contribution is 0.339. The molecule has 0 fully saturated rings. The number of nitrogens with one attached hydrogen (secondary N) is 1. The maximum absolute atomic E-state index is 12.7. The molecule has 0 spiro atoms. The van der Waals surface area contributed by atoms with Crippen molar-refractivity contribution in [2.75, 3.05) is 12.4 Å². The Hall–Kier alpha value is -1.99. The molecule has 21 heavy (non-hydrogen) atoms. The smallest absolute Gasteiger partial charge is 0.215 e. The van der Waals surface area contributed by atoms with Gasteiger partial charge in [0.05, 0.1) is 5.75 Å². The summed E-state index contributed by atoms with van der Waals surface area (Å²) in [5, 5.41) is 0. The highest BCUT2D eigenvalue weighted by molar-refractivity contribution is 7.89. The third-order valence-corrected chi connectivity index (χ3v) is 3.94. The van der Waals surface area contributed by atoms with Gasteiger partial charge in [0.15, 0.2) is 0 Å². The molecule has 0 amide bonds. The molecule has 5 nitrogen and oxygen atoms in total. The minimum absolute atomic E-state index is 0.00595. The first-order valence-corrected chi connectivity index (χ1v) is 7.95. The Morgan fingerprint density at radius 2 is 1.95 bits per heavy atom. The van der Waals surface area contributed by atoms with Gasteiger partial charge in [-0.2, -0.15) is 0 Å². The fourth-order valence-electron chi connectivity index (χ4n) is 1.57. The van der Waals surface area contributed by atoms with Gasteiger partial charge in [0.1, 0.15) is 18.2 Å². The minimum Gasteiger partial charge on any atom is -0.492 e. The van der Waals surface area contributed by atoms with Gasteiger partial charge in [-0.1, -0.05) is 6.07 Å². The molecular weight excluding hydrogens is 295 g/mol. The van der Waals surface area contributed by atoms with Crippen molar-refractivity contribution in [2.24, 2.45) is 0 Å². The summed E-state index contributed by atoms with van der Waals surface area (Å²) in [5.74, 6) is -0.114. The van der Waals surface area contributed by atoms with E-state index in [1.807, 2.05) is 0 Å². The number of halogens is 1. The van der Waals surface area contributed by atoms with E-state index in [9.17, 15) is 12.8 Å². The van der Waals surface area contributed by atoms with Crippen LogP contribution in [0.4, 0.5) is 4.39 Å². The normalized spacial score (nSPS) is 11.3. The van der Waals surface area contributed by atoms with E-state index in [2.05, 4.69) is 9.71 Å². The zero-order valence-corrected chi connectivity index (χ0v) is 12.0. The standard InChI is InChI=1S/C14H15FN2O3S/c15-13-3-5-14(6-4-13)20-8-9-21(18,19)17-11-12-2-1-7-16-10-12/h1-7,10,17H,8-9,11H2. The van der Waals surface area contributed by atoms with E-state index in [-0.39, 0.29) is 24.7 Å². The number of hydrogen-bond acceptors (Lipinski definition) is 4. The van der Waals surface area contributed by atoms with Gasteiger partial charge in [-0.3, -0.25) is 4.98 Å². The third kappa shape index (κ3) is 5.49. The quantitative estimate of drug-likeness (QED) is 0.845. The van der Waals surface area contributed by atoms with Crippen LogP contribution in [-0.2, 0) is 16.6 Å². The first kappa shape index (κ1) is 15.4. The number of rotatable bonds is 7. The predicted molar refractivity (Wildman–Crippen MR) is 76.8 cm³/mol. The fraction of sp³-hybridized carbons (Fsp3) is 0.214. The molecule has 1 aromatic carbocycles. The zero-order chi connectivity index (χ0) is 15.1. The van der Waals surface area contributed by atoms with Crippen molar-refractivity contribution >= 4 is 10.0 Å². The summed E-state index contributed by atoms with van der Waals surface area (Å²) >= 11 is 0. The second kappa shape index (κ2) is 7.14. The average Bonchev–Trinajstić information content (AvgIpc) is 2.48. The van der Waals surface area contributed by atoms with Crippen molar-refractivity contribution < 1.29 is 17.5 Å². The number of benzene rings is 1. The summed E-state index contributed by atoms with van der Waals surface area (Å²) in [6.07, 6.45) is 3.21. The van der Waals surface area contributed by atoms with Crippen LogP contribution in [0, 0.1) is 5.82 Å². The molecule has 2 rings (SSSR count). The maximum Gasteiger partial charge on any atom is 0.215 e. The van der Waals surface area contributed by atoms with Crippen LogP contribution in [0.25, 0.3) is 0 Å². The Morgan fingerprint density at radius 3 is 2.62 bits per heavy atom. The Morgan fingerprint density at radius 1 is 1.19 bits per heavy atom. The molecule has 7 heteroatoms. The van der Waals surface area contributed by atoms with Crippen LogP contribution < -0.4 is 9.46 Å². The van der Waals surface area contributed by atoms with Gasteiger partial charge in [-0.15, -0.1) is 0 Å². The molecule has 0 atom stereocenters. The Kier molecular flexibility index (Phi) is 5.24. The molecule has 0 radical (unpaired) electrons. The molecule has 0 unspecified atom stereocenters. The molecule has 1 N–H and O–H groups in total. The zero-order valence-electron chi connectivity index (χ0n) is 11.2. The lowest BCUT2D eigenvalue weighted by Crippen LogP contribution is -2.28. The molecule has 0 aliphatic heterocycles. The van der Waals surface area contributed by atoms with Gasteiger partial charge in [-0.25, -0.2) is 17.5 Å². The summed E-state index contributed by atoms with van der Waals surface area (Å²) in [5.41, 5.74) is 0.778. The van der Waals surface area contributed by atoms with Crippen molar-refractivity contribution in [1.82, 2.24) is 9.71 Å². The molecule has 0 aliphatic carbocycles. The number of sulfonamides is 1. The van der Waals surface area contributed by atoms with E-state index in [0.717, 1.165) is 5.56 Å². The van der Waals surface area contributed by atoms with Gasteiger partial charge in [0.2, 0.25) is 10.0 Å². The number of ether oxygens (including phenoxy) is 1. The largest absolute Gasteiger partial charge is 0.492 e. The van der Waals surface area contributed by atoms with Crippen LogP contribution in [-0.4, -0.2) is 25.8 Å². The van der Waals surface area contributed by atoms with E-state index >= 15 is 0 Å². The maximum atomic E-state index is 12.7.